The van der Waals surface area contributed by atoms with E-state index in [0.29, 0.717) is 0 Å². The monoisotopic (exact) mass is 533 g/mol. The minimum absolute atomic E-state index is 0. The zero-order valence-corrected chi connectivity index (χ0v) is 28.1. The summed E-state index contributed by atoms with van der Waals surface area (Å²) >= 11 is 0. The molecule has 0 N–H and O–H groups in total. The van der Waals surface area contributed by atoms with Crippen molar-refractivity contribution in [2.75, 3.05) is 0 Å². The van der Waals surface area contributed by atoms with E-state index < -0.39 is 0 Å². The Kier molecular flexibility index (Phi) is 2670. The van der Waals surface area contributed by atoms with Gasteiger partial charge in [-0.15, -0.1) is 0 Å². The van der Waals surface area contributed by atoms with Crippen molar-refractivity contribution >= 4 is 0 Å². The third-order valence-corrected chi connectivity index (χ3v) is 0. The molecule has 0 saturated heterocycles. The van der Waals surface area contributed by atoms with Crippen LogP contribution >= 0.6 is 0 Å². The van der Waals surface area contributed by atoms with Gasteiger partial charge in [-0.1, -0.05) is 0 Å². The van der Waals surface area contributed by atoms with Crippen molar-refractivity contribution in [3.8, 4) is 0 Å². The van der Waals surface area contributed by atoms with Crippen LogP contribution < -0.4 is 178 Å². The predicted octanol–water partition coefficient (Wildman–Crippen LogP) is -8.41. The zero-order valence-electron chi connectivity index (χ0n) is 9.74. The molecule has 0 unspecified atom stereocenters. The molecule has 0 spiro atoms. The molecule has 11 heteroatoms. The molecule has 17 heavy (non-hydrogen) atoms. The second-order valence-electron chi connectivity index (χ2n) is 0. The molecule has 0 fully saturated rings. The Morgan fingerprint density at radius 3 is 0.471 bits per heavy atom. The third-order valence-electron chi connectivity index (χ3n) is 0. The Bertz CT molecular complexity index is 114. The number of nitrogens with zero attached hydrogens (tertiary/aromatic N) is 6. The second kappa shape index (κ2) is 528. The van der Waals surface area contributed by atoms with Crippen LogP contribution in [-0.4, -0.2) is 0 Å². The van der Waals surface area contributed by atoms with Gasteiger partial charge in [0.15, 0.2) is 0 Å². The number of hydrogen-bond acceptors (Lipinski definition) is 6. The molecule has 0 saturated carbocycles. The van der Waals surface area contributed by atoms with Gasteiger partial charge in [-0.3, -0.25) is 0 Å². The largest absolute Gasteiger partial charge is 2.00 e. The summed E-state index contributed by atoms with van der Waals surface area (Å²) in [5.41, 5.74) is 0. The van der Waals surface area contributed by atoms with E-state index in [4.69, 9.17) is 71.0 Å². The van der Waals surface area contributed by atoms with Crippen molar-refractivity contribution in [2.24, 2.45) is 0 Å². The average Bonchev–Trinajstić information content (AvgIpc) is 2.33. The van der Waals surface area contributed by atoms with E-state index in [1.807, 2.05) is 0 Å². The summed E-state index contributed by atoms with van der Waals surface area (Å²) in [4.78, 5) is 0. The quantitative estimate of drug-likeness (QED) is 0.223. The Morgan fingerprint density at radius 1 is 0.471 bits per heavy atom. The Morgan fingerprint density at radius 2 is 0.471 bits per heavy atom. The first-order valence-corrected chi connectivity index (χ1v) is 1.34. The molecule has 0 rings (SSSR count). The van der Waals surface area contributed by atoms with Crippen LogP contribution in [-0.2, 0) is 36.5 Å². The molecule has 0 aliphatic heterocycles. The summed E-state index contributed by atoms with van der Waals surface area (Å²) in [6, 6.07) is 0. The maximum absolute atomic E-state index is 6.25. The van der Waals surface area contributed by atoms with Gasteiger partial charge in [-0.2, -0.15) is 0 Å². The van der Waals surface area contributed by atoms with E-state index in [2.05, 4.69) is 0 Å². The smallest absolute Gasteiger partial charge is 0.512 e. The summed E-state index contributed by atoms with van der Waals surface area (Å²) < 4.78 is 0. The molecule has 0 amide bonds. The maximum Gasteiger partial charge on any atom is 2.00 e. The van der Waals surface area contributed by atoms with Crippen LogP contribution in [0.15, 0.2) is 0 Å². The molecular formula is C6CsFeKN6RbZn+. The number of rotatable bonds is 0. The van der Waals surface area contributed by atoms with Crippen molar-refractivity contribution in [1.29, 1.82) is 31.6 Å². The SMILES string of the molecule is [C-]#N.[C-]#N.[C-]#N.[C-]#N.[C-]#N.[C-]#N.[Cs+].[Fe+2].[K+].[Rb+].[Zn+2]. The minimum Gasteiger partial charge on any atom is -0.512 e. The predicted molar refractivity (Wildman–Crippen MR) is 29.8 cm³/mol. The first-order chi connectivity index (χ1) is 6.00. The molecule has 0 radical (unpaired) electrons. The van der Waals surface area contributed by atoms with E-state index in [9.17, 15) is 0 Å². The van der Waals surface area contributed by atoms with Crippen LogP contribution in [0.5, 0.6) is 0 Å². The van der Waals surface area contributed by atoms with Gasteiger partial charge in [0.05, 0.1) is 0 Å². The van der Waals surface area contributed by atoms with E-state index >= 15 is 0 Å². The Hall–Kier alpha value is 3.58. The van der Waals surface area contributed by atoms with Gasteiger partial charge < -0.3 is 71.0 Å². The zero-order chi connectivity index (χ0) is 12.0. The first kappa shape index (κ1) is 86.0. The van der Waals surface area contributed by atoms with Crippen molar-refractivity contribution in [3.05, 3.63) is 39.4 Å². The van der Waals surface area contributed by atoms with Crippen LogP contribution in [0.1, 0.15) is 0 Å². The molecule has 0 aliphatic rings. The summed E-state index contributed by atoms with van der Waals surface area (Å²) in [6.07, 6.45) is 0. The van der Waals surface area contributed by atoms with Crippen molar-refractivity contribution < 1.29 is 215 Å². The fourth-order valence-electron chi connectivity index (χ4n) is 0. The maximum atomic E-state index is 6.25. The topological polar surface area (TPSA) is 143 Å². The fraction of sp³-hybridized carbons (Fsp3) is 0. The van der Waals surface area contributed by atoms with Crippen LogP contribution in [0.25, 0.3) is 0 Å². The van der Waals surface area contributed by atoms with Gasteiger partial charge in [0.2, 0.25) is 0 Å². The third kappa shape index (κ3) is 473. The van der Waals surface area contributed by atoms with Gasteiger partial charge in [-0.05, 0) is 0 Å². The molecule has 0 atom stereocenters. The van der Waals surface area contributed by atoms with E-state index in [-0.39, 0.29) is 215 Å². The minimum atomic E-state index is 0. The standard InChI is InChI=1S/6CN.Cs.Fe.K.Rb.Zn/c6*1-2;;;;;/q6*-1;+1;+2;2*+1;+2. The average molecular weight is 535 g/mol. The molecular weight excluding hydrogens is 535 g/mol. The van der Waals surface area contributed by atoms with E-state index in [0.717, 1.165) is 0 Å². The number of hydrogen-bond donors (Lipinski definition) is 0. The second-order valence-corrected chi connectivity index (χ2v) is 0. The fourth-order valence-corrected chi connectivity index (χ4v) is 0. The molecule has 0 aromatic rings. The van der Waals surface area contributed by atoms with Gasteiger partial charge in [-0.25, -0.2) is 0 Å². The molecule has 0 aromatic heterocycles. The first-order valence-electron chi connectivity index (χ1n) is 1.34. The summed E-state index contributed by atoms with van der Waals surface area (Å²) in [5, 5.41) is 37.5. The van der Waals surface area contributed by atoms with Crippen LogP contribution in [0.3, 0.4) is 0 Å². The van der Waals surface area contributed by atoms with Crippen molar-refractivity contribution in [2.45, 2.75) is 0 Å². The van der Waals surface area contributed by atoms with Gasteiger partial charge in [0.1, 0.15) is 0 Å². The van der Waals surface area contributed by atoms with Crippen LogP contribution in [0.4, 0.5) is 0 Å². The molecule has 0 aliphatic carbocycles. The molecule has 6 nitrogen and oxygen atoms in total. The van der Waals surface area contributed by atoms with Crippen molar-refractivity contribution in [3.63, 3.8) is 0 Å². The molecule has 0 bridgehead atoms. The van der Waals surface area contributed by atoms with Crippen LogP contribution in [0, 0.1) is 71.0 Å². The summed E-state index contributed by atoms with van der Waals surface area (Å²) in [6.45, 7) is 28.5. The van der Waals surface area contributed by atoms with E-state index in [1.165, 1.54) is 0 Å². The molecule has 66 valence electrons. The Labute approximate surface area is 277 Å². The van der Waals surface area contributed by atoms with Crippen molar-refractivity contribution in [1.82, 2.24) is 0 Å². The van der Waals surface area contributed by atoms with Crippen LogP contribution in [0.2, 0.25) is 0 Å². The molecule has 0 heterocycles. The summed E-state index contributed by atoms with van der Waals surface area (Å²) in [5.74, 6) is 0. The summed E-state index contributed by atoms with van der Waals surface area (Å²) in [7, 11) is 0. The van der Waals surface area contributed by atoms with E-state index in [1.54, 1.807) is 0 Å². The molecule has 0 aromatic carbocycles. The van der Waals surface area contributed by atoms with Gasteiger partial charge in [0, 0.05) is 0 Å². The van der Waals surface area contributed by atoms with Gasteiger partial charge >= 0.3 is 215 Å². The normalized spacial score (nSPS) is 0.706. The van der Waals surface area contributed by atoms with Gasteiger partial charge in [0.25, 0.3) is 0 Å². The Balaban J connectivity index is -0.00000000267.